The molecule has 0 fully saturated rings. The maximum absolute atomic E-state index is 12.3. The first-order valence-electron chi connectivity index (χ1n) is 6.02. The van der Waals surface area contributed by atoms with E-state index < -0.39 is 23.3 Å². The molecule has 1 aromatic heterocycles. The van der Waals surface area contributed by atoms with E-state index in [1.807, 2.05) is 6.08 Å². The van der Waals surface area contributed by atoms with Crippen LogP contribution in [-0.2, 0) is 9.59 Å². The molecule has 0 bridgehead atoms. The molecule has 1 aliphatic rings. The number of rotatable bonds is 4. The number of nitrogens with zero attached hydrogens (tertiary/aromatic N) is 2. The number of nitrogens with one attached hydrogen (secondary N) is 1. The minimum atomic E-state index is -1.40. The van der Waals surface area contributed by atoms with Crippen LogP contribution in [0.15, 0.2) is 23.1 Å². The zero-order valence-electron chi connectivity index (χ0n) is 10.5. The minimum absolute atomic E-state index is 0.202. The lowest BCUT2D eigenvalue weighted by molar-refractivity contribution is -0.156. The van der Waals surface area contributed by atoms with Crippen LogP contribution < -0.4 is 5.32 Å². The van der Waals surface area contributed by atoms with Crippen LogP contribution in [0.3, 0.4) is 0 Å². The number of amides is 1. The standard InChI is InChI=1S/C12H15N3O4/c1-8(9-13-7-19-15-9)14-10(16)12(11(17)18)5-3-2-4-6-12/h2-3,7-8H,4-6H2,1H3,(H,14,16)(H,17,18). The Morgan fingerprint density at radius 3 is 2.84 bits per heavy atom. The van der Waals surface area contributed by atoms with E-state index >= 15 is 0 Å². The fraction of sp³-hybridized carbons (Fsp3) is 0.500. The first-order chi connectivity index (χ1) is 9.06. The molecular weight excluding hydrogens is 250 g/mol. The number of aliphatic carboxylic acids is 1. The van der Waals surface area contributed by atoms with E-state index in [1.54, 1.807) is 13.0 Å². The third-order valence-corrected chi connectivity index (χ3v) is 3.33. The number of carbonyl (C=O) groups excluding carboxylic acids is 1. The van der Waals surface area contributed by atoms with Crippen LogP contribution in [0.5, 0.6) is 0 Å². The SMILES string of the molecule is CC(NC(=O)C1(C(=O)O)CC=CCC1)c1ncon1. The Hall–Kier alpha value is -2.18. The molecule has 0 aromatic carbocycles. The van der Waals surface area contributed by atoms with Crippen molar-refractivity contribution >= 4 is 11.9 Å². The second-order valence-electron chi connectivity index (χ2n) is 4.59. The number of carbonyl (C=O) groups is 2. The molecule has 0 saturated heterocycles. The van der Waals surface area contributed by atoms with Gasteiger partial charge >= 0.3 is 5.97 Å². The molecular formula is C12H15N3O4. The van der Waals surface area contributed by atoms with Gasteiger partial charge in [-0.2, -0.15) is 4.98 Å². The fourth-order valence-corrected chi connectivity index (χ4v) is 2.10. The summed E-state index contributed by atoms with van der Waals surface area (Å²) in [5.41, 5.74) is -1.40. The molecule has 1 aliphatic carbocycles. The van der Waals surface area contributed by atoms with E-state index in [9.17, 15) is 14.7 Å². The largest absolute Gasteiger partial charge is 0.480 e. The Bertz CT molecular complexity index is 497. The monoisotopic (exact) mass is 265 g/mol. The summed E-state index contributed by atoms with van der Waals surface area (Å²) in [7, 11) is 0. The number of aromatic nitrogens is 2. The molecule has 1 amide bonds. The van der Waals surface area contributed by atoms with Gasteiger partial charge in [-0.15, -0.1) is 0 Å². The summed E-state index contributed by atoms with van der Waals surface area (Å²) in [6.45, 7) is 1.68. The van der Waals surface area contributed by atoms with Crippen LogP contribution in [0.25, 0.3) is 0 Å². The number of carboxylic acid groups (broad SMARTS) is 1. The van der Waals surface area contributed by atoms with E-state index in [1.165, 1.54) is 0 Å². The predicted molar refractivity (Wildman–Crippen MR) is 63.9 cm³/mol. The number of allylic oxidation sites excluding steroid dienone is 2. The lowest BCUT2D eigenvalue weighted by Gasteiger charge is -2.29. The predicted octanol–water partition coefficient (Wildman–Crippen LogP) is 1.06. The highest BCUT2D eigenvalue weighted by atomic mass is 16.5. The van der Waals surface area contributed by atoms with E-state index in [4.69, 9.17) is 0 Å². The summed E-state index contributed by atoms with van der Waals surface area (Å²) in [5, 5.41) is 15.6. The molecule has 0 saturated carbocycles. The number of carboxylic acids is 1. The van der Waals surface area contributed by atoms with Crippen molar-refractivity contribution in [1.29, 1.82) is 0 Å². The summed E-state index contributed by atoms with van der Waals surface area (Å²) in [4.78, 5) is 27.5. The van der Waals surface area contributed by atoms with Gasteiger partial charge in [-0.3, -0.25) is 9.59 Å². The van der Waals surface area contributed by atoms with Gasteiger partial charge in [-0.05, 0) is 26.2 Å². The second-order valence-corrected chi connectivity index (χ2v) is 4.59. The maximum Gasteiger partial charge on any atom is 0.319 e. The molecule has 1 heterocycles. The molecule has 0 spiro atoms. The molecule has 0 radical (unpaired) electrons. The summed E-state index contributed by atoms with van der Waals surface area (Å²) >= 11 is 0. The van der Waals surface area contributed by atoms with Gasteiger partial charge in [0.2, 0.25) is 12.3 Å². The molecule has 102 valence electrons. The van der Waals surface area contributed by atoms with Gasteiger partial charge in [-0.25, -0.2) is 0 Å². The quantitative estimate of drug-likeness (QED) is 0.623. The van der Waals surface area contributed by atoms with Crippen LogP contribution in [0.4, 0.5) is 0 Å². The minimum Gasteiger partial charge on any atom is -0.480 e. The van der Waals surface area contributed by atoms with Crippen molar-refractivity contribution in [2.45, 2.75) is 32.2 Å². The third-order valence-electron chi connectivity index (χ3n) is 3.33. The van der Waals surface area contributed by atoms with Gasteiger partial charge in [0.15, 0.2) is 5.82 Å². The molecule has 2 rings (SSSR count). The van der Waals surface area contributed by atoms with Gasteiger partial charge in [0.1, 0.15) is 5.41 Å². The topological polar surface area (TPSA) is 105 Å². The Morgan fingerprint density at radius 1 is 1.53 bits per heavy atom. The molecule has 0 aliphatic heterocycles. The van der Waals surface area contributed by atoms with E-state index in [0.29, 0.717) is 18.7 Å². The van der Waals surface area contributed by atoms with Crippen molar-refractivity contribution in [3.8, 4) is 0 Å². The van der Waals surface area contributed by atoms with Crippen LogP contribution in [-0.4, -0.2) is 27.1 Å². The average Bonchev–Trinajstić information content (AvgIpc) is 2.93. The van der Waals surface area contributed by atoms with Crippen LogP contribution in [0, 0.1) is 5.41 Å². The van der Waals surface area contributed by atoms with E-state index in [-0.39, 0.29) is 6.42 Å². The molecule has 2 atom stereocenters. The Kier molecular flexibility index (Phi) is 3.64. The number of hydrogen-bond acceptors (Lipinski definition) is 5. The van der Waals surface area contributed by atoms with Crippen molar-refractivity contribution in [2.24, 2.45) is 5.41 Å². The summed E-state index contributed by atoms with van der Waals surface area (Å²) in [6.07, 6.45) is 5.86. The normalized spacial score (nSPS) is 23.8. The number of hydrogen-bond donors (Lipinski definition) is 2. The Morgan fingerprint density at radius 2 is 2.32 bits per heavy atom. The maximum atomic E-state index is 12.3. The van der Waals surface area contributed by atoms with Crippen LogP contribution in [0.2, 0.25) is 0 Å². The Balaban J connectivity index is 2.13. The van der Waals surface area contributed by atoms with Crippen LogP contribution in [0.1, 0.15) is 38.1 Å². The highest BCUT2D eigenvalue weighted by Crippen LogP contribution is 2.34. The van der Waals surface area contributed by atoms with Gasteiger partial charge in [0, 0.05) is 0 Å². The lowest BCUT2D eigenvalue weighted by Crippen LogP contribution is -2.47. The molecule has 2 unspecified atom stereocenters. The van der Waals surface area contributed by atoms with E-state index in [2.05, 4.69) is 20.0 Å². The van der Waals surface area contributed by atoms with E-state index in [0.717, 1.165) is 6.39 Å². The second kappa shape index (κ2) is 5.21. The average molecular weight is 265 g/mol. The summed E-state index contributed by atoms with van der Waals surface area (Å²) < 4.78 is 4.60. The van der Waals surface area contributed by atoms with Gasteiger partial charge in [0.05, 0.1) is 6.04 Å². The highest BCUT2D eigenvalue weighted by Gasteiger charge is 2.46. The van der Waals surface area contributed by atoms with Gasteiger partial charge in [0.25, 0.3) is 0 Å². The molecule has 7 heteroatoms. The zero-order valence-corrected chi connectivity index (χ0v) is 10.5. The van der Waals surface area contributed by atoms with Crippen LogP contribution >= 0.6 is 0 Å². The van der Waals surface area contributed by atoms with Gasteiger partial charge in [-0.1, -0.05) is 17.3 Å². The smallest absolute Gasteiger partial charge is 0.319 e. The van der Waals surface area contributed by atoms with Crippen molar-refractivity contribution in [3.63, 3.8) is 0 Å². The van der Waals surface area contributed by atoms with Crippen molar-refractivity contribution in [2.75, 3.05) is 0 Å². The molecule has 7 nitrogen and oxygen atoms in total. The van der Waals surface area contributed by atoms with Crippen molar-refractivity contribution in [1.82, 2.24) is 15.5 Å². The lowest BCUT2D eigenvalue weighted by atomic mass is 9.76. The van der Waals surface area contributed by atoms with Crippen molar-refractivity contribution in [3.05, 3.63) is 24.4 Å². The summed E-state index contributed by atoms with van der Waals surface area (Å²) in [5.74, 6) is -1.29. The molecule has 19 heavy (non-hydrogen) atoms. The summed E-state index contributed by atoms with van der Waals surface area (Å²) in [6, 6.07) is -0.492. The molecule has 2 N–H and O–H groups in total. The molecule has 1 aromatic rings. The highest BCUT2D eigenvalue weighted by molar-refractivity contribution is 6.02. The van der Waals surface area contributed by atoms with Crippen molar-refractivity contribution < 1.29 is 19.2 Å². The Labute approximate surface area is 109 Å². The third kappa shape index (κ3) is 2.49. The first kappa shape index (κ1) is 13.3. The van der Waals surface area contributed by atoms with Gasteiger partial charge < -0.3 is 14.9 Å². The fourth-order valence-electron chi connectivity index (χ4n) is 2.10. The zero-order chi connectivity index (χ0) is 13.9. The first-order valence-corrected chi connectivity index (χ1v) is 6.02.